The molecule has 2 aliphatic carbocycles. The summed E-state index contributed by atoms with van der Waals surface area (Å²) in [4.78, 5) is 16.3. The van der Waals surface area contributed by atoms with E-state index in [2.05, 4.69) is 10.2 Å². The van der Waals surface area contributed by atoms with Crippen molar-refractivity contribution in [1.29, 1.82) is 0 Å². The maximum absolute atomic E-state index is 11.9. The van der Waals surface area contributed by atoms with Crippen molar-refractivity contribution in [3.63, 3.8) is 0 Å². The van der Waals surface area contributed by atoms with Crippen LogP contribution in [-0.2, 0) is 9.57 Å². The third-order valence-electron chi connectivity index (χ3n) is 3.81. The van der Waals surface area contributed by atoms with Crippen molar-refractivity contribution in [2.45, 2.75) is 61.3 Å². The second-order valence-corrected chi connectivity index (χ2v) is 15.3. The zero-order valence-corrected chi connectivity index (χ0v) is 16.7. The molecule has 2 fully saturated rings. The summed E-state index contributed by atoms with van der Waals surface area (Å²) in [5.74, 6) is 4.93. The predicted octanol–water partition coefficient (Wildman–Crippen LogP) is -4.05. The molecule has 5 nitrogen and oxygen atoms in total. The molecule has 0 aromatic carbocycles. The van der Waals surface area contributed by atoms with Gasteiger partial charge < -0.3 is 0 Å². The Hall–Kier alpha value is 0.650. The van der Waals surface area contributed by atoms with Crippen molar-refractivity contribution in [3.8, 4) is 0 Å². The van der Waals surface area contributed by atoms with E-state index in [9.17, 15) is 4.79 Å². The number of nitrogens with two attached hydrogens (primary N) is 1. The van der Waals surface area contributed by atoms with Gasteiger partial charge in [-0.1, -0.05) is 0 Å². The zero-order valence-electron chi connectivity index (χ0n) is 12.4. The van der Waals surface area contributed by atoms with Crippen molar-refractivity contribution in [2.24, 2.45) is 5.90 Å². The average Bonchev–Trinajstić information content (AvgIpc) is 3.12. The standard InChI is InChI=1S/C14H26I2N2O3/c17-21-10-9-20-14(19)18-13(15-11-5-1-2-6-11)16-12-7-3-4-8-12/h11-13H,1-10,17H2,(H,18,19)/q-2. The Morgan fingerprint density at radius 1 is 1.05 bits per heavy atom. The van der Waals surface area contributed by atoms with Gasteiger partial charge in [-0.3, -0.25) is 0 Å². The van der Waals surface area contributed by atoms with Crippen LogP contribution in [0.25, 0.3) is 0 Å². The van der Waals surface area contributed by atoms with Gasteiger partial charge in [0.15, 0.2) is 0 Å². The number of halogens is 2. The summed E-state index contributed by atoms with van der Waals surface area (Å²) in [6, 6.07) is 0. The normalized spacial score (nSPS) is 20.7. The fourth-order valence-corrected chi connectivity index (χ4v) is 14.9. The topological polar surface area (TPSA) is 73.6 Å². The first kappa shape index (κ1) is 18.0. The Bertz CT molecular complexity index is 291. The Balaban J connectivity index is 1.76. The molecule has 126 valence electrons. The number of rotatable bonds is 8. The van der Waals surface area contributed by atoms with Gasteiger partial charge in [-0.2, -0.15) is 0 Å². The van der Waals surface area contributed by atoms with E-state index in [-0.39, 0.29) is 61.7 Å². The van der Waals surface area contributed by atoms with Crippen LogP contribution < -0.4 is 53.6 Å². The first-order valence-corrected chi connectivity index (χ1v) is 12.7. The van der Waals surface area contributed by atoms with E-state index in [1.807, 2.05) is 0 Å². The molecule has 0 aromatic heterocycles. The van der Waals surface area contributed by atoms with Crippen LogP contribution in [0, 0.1) is 0 Å². The molecule has 7 heteroatoms. The van der Waals surface area contributed by atoms with Gasteiger partial charge in [0.25, 0.3) is 0 Å². The number of nitrogens with one attached hydrogen (secondary N) is 1. The molecule has 0 spiro atoms. The number of hydrogen-bond donors (Lipinski definition) is 2. The van der Waals surface area contributed by atoms with Gasteiger partial charge in [0, 0.05) is 0 Å². The molecule has 0 aliphatic heterocycles. The fourth-order valence-electron chi connectivity index (χ4n) is 2.72. The Morgan fingerprint density at radius 2 is 1.57 bits per heavy atom. The summed E-state index contributed by atoms with van der Waals surface area (Å²) in [7, 11) is 0. The maximum atomic E-state index is 11.9. The first-order valence-electron chi connectivity index (χ1n) is 7.77. The number of carbonyl (C=O) groups is 1. The molecule has 21 heavy (non-hydrogen) atoms. The second-order valence-electron chi connectivity index (χ2n) is 5.47. The summed E-state index contributed by atoms with van der Waals surface area (Å²) in [5, 5.41) is 3.17. The van der Waals surface area contributed by atoms with Crippen LogP contribution in [0.3, 0.4) is 0 Å². The second kappa shape index (κ2) is 10.4. The summed E-state index contributed by atoms with van der Waals surface area (Å²) in [6.07, 6.45) is 10.8. The molecule has 0 radical (unpaired) electrons. The van der Waals surface area contributed by atoms with Gasteiger partial charge >= 0.3 is 149 Å². The van der Waals surface area contributed by atoms with Gasteiger partial charge in [-0.05, 0) is 0 Å². The van der Waals surface area contributed by atoms with Crippen LogP contribution in [0.4, 0.5) is 4.79 Å². The summed E-state index contributed by atoms with van der Waals surface area (Å²) in [6.45, 7) is 0.492. The third-order valence-corrected chi connectivity index (χ3v) is 13.9. The predicted molar refractivity (Wildman–Crippen MR) is 72.9 cm³/mol. The molecular weight excluding hydrogens is 498 g/mol. The van der Waals surface area contributed by atoms with E-state index in [1.54, 1.807) is 0 Å². The number of alkyl carbamates (subject to hydrolysis) is 1. The summed E-state index contributed by atoms with van der Waals surface area (Å²) < 4.78 is 7.45. The van der Waals surface area contributed by atoms with E-state index in [0.29, 0.717) is 2.06 Å². The number of hydrogen-bond acceptors (Lipinski definition) is 4. The first-order chi connectivity index (χ1) is 10.3. The minimum atomic E-state index is -0.271. The summed E-state index contributed by atoms with van der Waals surface area (Å²) >= 11 is 0.130. The summed E-state index contributed by atoms with van der Waals surface area (Å²) in [5.41, 5.74) is 0. The van der Waals surface area contributed by atoms with Gasteiger partial charge in [-0.15, -0.1) is 0 Å². The molecule has 0 bridgehead atoms. The molecule has 3 N–H and O–H groups in total. The molecule has 0 atom stereocenters. The van der Waals surface area contributed by atoms with E-state index in [4.69, 9.17) is 10.6 Å². The monoisotopic (exact) mass is 524 g/mol. The van der Waals surface area contributed by atoms with Gasteiger partial charge in [0.2, 0.25) is 0 Å². The number of ether oxygens (including phenoxy) is 1. The van der Waals surface area contributed by atoms with Gasteiger partial charge in [0.05, 0.1) is 0 Å². The van der Waals surface area contributed by atoms with Crippen molar-refractivity contribution in [2.75, 3.05) is 13.2 Å². The van der Waals surface area contributed by atoms with Crippen molar-refractivity contribution in [3.05, 3.63) is 0 Å². The van der Waals surface area contributed by atoms with Crippen LogP contribution >= 0.6 is 0 Å². The van der Waals surface area contributed by atoms with Gasteiger partial charge in [0.1, 0.15) is 0 Å². The molecule has 0 heterocycles. The van der Waals surface area contributed by atoms with Crippen LogP contribution in [0.5, 0.6) is 0 Å². The quantitative estimate of drug-likeness (QED) is 0.112. The Kier molecular flexibility index (Phi) is 8.94. The van der Waals surface area contributed by atoms with Crippen molar-refractivity contribution in [1.82, 2.24) is 5.32 Å². The SMILES string of the molecule is NOCCOC(=O)NC([I-]C1CCCC1)[I-]C1CCCC1. The van der Waals surface area contributed by atoms with Gasteiger partial charge in [-0.25, -0.2) is 0 Å². The number of alkyl halides is 4. The minimum absolute atomic E-state index is 0.0651. The average molecular weight is 524 g/mol. The fraction of sp³-hybridized carbons (Fsp3) is 0.929. The molecule has 0 aromatic rings. The molecule has 2 rings (SSSR count). The Labute approximate surface area is 147 Å². The molecular formula is C14H26I2N2O3-2. The molecule has 2 aliphatic rings. The van der Waals surface area contributed by atoms with E-state index < -0.39 is 0 Å². The number of carbonyl (C=O) groups excluding carboxylic acids is 1. The van der Waals surface area contributed by atoms with Crippen LogP contribution in [0.1, 0.15) is 51.4 Å². The van der Waals surface area contributed by atoms with E-state index in [1.165, 1.54) is 51.4 Å². The molecule has 1 amide bonds. The zero-order chi connectivity index (χ0) is 14.9. The van der Waals surface area contributed by atoms with E-state index >= 15 is 0 Å². The Morgan fingerprint density at radius 3 is 2.05 bits per heavy atom. The van der Waals surface area contributed by atoms with Crippen LogP contribution in [0.15, 0.2) is 0 Å². The van der Waals surface area contributed by atoms with Crippen molar-refractivity contribution >= 4 is 6.09 Å². The van der Waals surface area contributed by atoms with E-state index in [0.717, 1.165) is 7.85 Å². The molecule has 2 saturated carbocycles. The van der Waals surface area contributed by atoms with Crippen LogP contribution in [-0.4, -0.2) is 29.2 Å². The molecule has 0 unspecified atom stereocenters. The number of amides is 1. The molecule has 0 saturated heterocycles. The third kappa shape index (κ3) is 7.17. The van der Waals surface area contributed by atoms with Crippen LogP contribution in [0.2, 0.25) is 0 Å². The van der Waals surface area contributed by atoms with Crippen molar-refractivity contribution < 1.29 is 56.8 Å².